The molecule has 1 aromatic heterocycles. The predicted octanol–water partition coefficient (Wildman–Crippen LogP) is 3.85. The average Bonchev–Trinajstić information content (AvgIpc) is 2.95. The van der Waals surface area contributed by atoms with Crippen LogP contribution in [-0.4, -0.2) is 5.16 Å². The lowest BCUT2D eigenvalue weighted by atomic mass is 9.89. The number of rotatable bonds is 3. The average molecular weight is 235 g/mol. The van der Waals surface area contributed by atoms with Crippen LogP contribution in [0.15, 0.2) is 77.5 Å². The molecule has 0 amide bonds. The molecule has 0 saturated heterocycles. The van der Waals surface area contributed by atoms with Crippen molar-refractivity contribution in [3.05, 3.63) is 89.8 Å². The van der Waals surface area contributed by atoms with E-state index in [0.29, 0.717) is 0 Å². The third-order valence-electron chi connectivity index (χ3n) is 3.02. The second-order valence-electron chi connectivity index (χ2n) is 4.18. The Morgan fingerprint density at radius 2 is 1.28 bits per heavy atom. The molecule has 0 N–H and O–H groups in total. The van der Waals surface area contributed by atoms with Gasteiger partial charge in [-0.1, -0.05) is 65.8 Å². The van der Waals surface area contributed by atoms with Gasteiger partial charge in [0.1, 0.15) is 6.26 Å². The molecule has 0 aliphatic rings. The number of benzene rings is 2. The quantitative estimate of drug-likeness (QED) is 0.689. The van der Waals surface area contributed by atoms with Crippen molar-refractivity contribution in [1.82, 2.24) is 5.16 Å². The fraction of sp³-hybridized carbons (Fsp3) is 0.0625. The van der Waals surface area contributed by atoms with Crippen LogP contribution in [0.25, 0.3) is 0 Å². The van der Waals surface area contributed by atoms with Gasteiger partial charge in [-0.05, 0) is 11.1 Å². The standard InChI is InChI=1S/C16H13NO/c1-3-7-13(8-4-1)16(15-11-12-18-17-15)14-9-5-2-6-10-14/h1-12,16H. The smallest absolute Gasteiger partial charge is 0.124 e. The Morgan fingerprint density at radius 1 is 0.722 bits per heavy atom. The highest BCUT2D eigenvalue weighted by molar-refractivity contribution is 5.39. The van der Waals surface area contributed by atoms with Crippen molar-refractivity contribution in [2.45, 2.75) is 5.92 Å². The van der Waals surface area contributed by atoms with E-state index in [4.69, 9.17) is 4.52 Å². The first kappa shape index (κ1) is 10.8. The van der Waals surface area contributed by atoms with E-state index in [9.17, 15) is 0 Å². The summed E-state index contributed by atoms with van der Waals surface area (Å²) in [4.78, 5) is 0. The van der Waals surface area contributed by atoms with Crippen LogP contribution < -0.4 is 0 Å². The van der Waals surface area contributed by atoms with Gasteiger partial charge in [0, 0.05) is 6.07 Å². The third-order valence-corrected chi connectivity index (χ3v) is 3.02. The molecule has 2 heteroatoms. The topological polar surface area (TPSA) is 26.0 Å². The maximum Gasteiger partial charge on any atom is 0.124 e. The van der Waals surface area contributed by atoms with Crippen LogP contribution in [-0.2, 0) is 0 Å². The summed E-state index contributed by atoms with van der Waals surface area (Å²) in [6.45, 7) is 0. The van der Waals surface area contributed by atoms with E-state index in [1.165, 1.54) is 11.1 Å². The molecule has 0 spiro atoms. The summed E-state index contributed by atoms with van der Waals surface area (Å²) < 4.78 is 4.99. The Hall–Kier alpha value is -2.35. The Morgan fingerprint density at radius 3 is 1.72 bits per heavy atom. The second-order valence-corrected chi connectivity index (χ2v) is 4.18. The van der Waals surface area contributed by atoms with E-state index in [0.717, 1.165) is 5.69 Å². The van der Waals surface area contributed by atoms with Crippen LogP contribution in [0, 0.1) is 0 Å². The summed E-state index contributed by atoms with van der Waals surface area (Å²) in [6.07, 6.45) is 1.62. The molecule has 3 rings (SSSR count). The molecule has 0 unspecified atom stereocenters. The minimum absolute atomic E-state index is 0.131. The summed E-state index contributed by atoms with van der Waals surface area (Å²) in [5, 5.41) is 4.09. The summed E-state index contributed by atoms with van der Waals surface area (Å²) in [5.74, 6) is 0.131. The Balaban J connectivity index is 2.11. The maximum atomic E-state index is 4.99. The van der Waals surface area contributed by atoms with Crippen LogP contribution >= 0.6 is 0 Å². The first-order chi connectivity index (χ1) is 8.95. The lowest BCUT2D eigenvalue weighted by molar-refractivity contribution is 0.410. The maximum absolute atomic E-state index is 4.99. The van der Waals surface area contributed by atoms with E-state index in [-0.39, 0.29) is 5.92 Å². The molecule has 0 bridgehead atoms. The largest absolute Gasteiger partial charge is 0.364 e. The van der Waals surface area contributed by atoms with Crippen molar-refractivity contribution in [1.29, 1.82) is 0 Å². The van der Waals surface area contributed by atoms with E-state index >= 15 is 0 Å². The van der Waals surface area contributed by atoms with Crippen molar-refractivity contribution in [3.63, 3.8) is 0 Å². The van der Waals surface area contributed by atoms with Crippen LogP contribution in [0.4, 0.5) is 0 Å². The molecule has 0 aliphatic heterocycles. The van der Waals surface area contributed by atoms with E-state index in [1.807, 2.05) is 42.5 Å². The molecule has 18 heavy (non-hydrogen) atoms. The first-order valence-corrected chi connectivity index (χ1v) is 5.95. The molecule has 88 valence electrons. The van der Waals surface area contributed by atoms with Crippen molar-refractivity contribution in [2.75, 3.05) is 0 Å². The van der Waals surface area contributed by atoms with E-state index in [2.05, 4.69) is 29.4 Å². The summed E-state index contributed by atoms with van der Waals surface area (Å²) in [5.41, 5.74) is 3.38. The lowest BCUT2D eigenvalue weighted by Crippen LogP contribution is -2.03. The molecule has 3 aromatic rings. The zero-order chi connectivity index (χ0) is 12.2. The summed E-state index contributed by atoms with van der Waals surface area (Å²) in [7, 11) is 0. The molecule has 2 aromatic carbocycles. The van der Waals surface area contributed by atoms with Gasteiger partial charge < -0.3 is 4.52 Å². The molecule has 1 heterocycles. The van der Waals surface area contributed by atoms with E-state index < -0.39 is 0 Å². The minimum atomic E-state index is 0.131. The summed E-state index contributed by atoms with van der Waals surface area (Å²) in [6, 6.07) is 22.6. The number of aromatic nitrogens is 1. The molecule has 0 saturated carbocycles. The van der Waals surface area contributed by atoms with Gasteiger partial charge in [0.15, 0.2) is 0 Å². The fourth-order valence-corrected chi connectivity index (χ4v) is 2.20. The Bertz CT molecular complexity index is 548. The highest BCUT2D eigenvalue weighted by atomic mass is 16.5. The molecule has 0 atom stereocenters. The summed E-state index contributed by atoms with van der Waals surface area (Å²) >= 11 is 0. The molecular weight excluding hydrogens is 222 g/mol. The predicted molar refractivity (Wildman–Crippen MR) is 70.3 cm³/mol. The highest BCUT2D eigenvalue weighted by Crippen LogP contribution is 2.30. The third kappa shape index (κ3) is 2.05. The molecule has 0 fully saturated rings. The van der Waals surface area contributed by atoms with Gasteiger partial charge in [0.05, 0.1) is 11.6 Å². The second kappa shape index (κ2) is 4.88. The van der Waals surface area contributed by atoms with Gasteiger partial charge in [-0.2, -0.15) is 0 Å². The molecular formula is C16H13NO. The zero-order valence-corrected chi connectivity index (χ0v) is 9.86. The highest BCUT2D eigenvalue weighted by Gasteiger charge is 2.18. The fourth-order valence-electron chi connectivity index (χ4n) is 2.20. The van der Waals surface area contributed by atoms with Gasteiger partial charge in [-0.25, -0.2) is 0 Å². The van der Waals surface area contributed by atoms with Gasteiger partial charge in [0.2, 0.25) is 0 Å². The Kier molecular flexibility index (Phi) is 2.92. The van der Waals surface area contributed by atoms with Gasteiger partial charge in [0.25, 0.3) is 0 Å². The number of hydrogen-bond acceptors (Lipinski definition) is 2. The van der Waals surface area contributed by atoms with E-state index in [1.54, 1.807) is 6.26 Å². The van der Waals surface area contributed by atoms with Gasteiger partial charge in [-0.15, -0.1) is 0 Å². The number of hydrogen-bond donors (Lipinski definition) is 0. The molecule has 2 nitrogen and oxygen atoms in total. The van der Waals surface area contributed by atoms with Crippen molar-refractivity contribution >= 4 is 0 Å². The van der Waals surface area contributed by atoms with Crippen molar-refractivity contribution in [3.8, 4) is 0 Å². The SMILES string of the molecule is c1ccc(C(c2ccccc2)c2ccon2)cc1. The van der Waals surface area contributed by atoms with Crippen molar-refractivity contribution in [2.24, 2.45) is 0 Å². The molecule has 0 aliphatic carbocycles. The normalized spacial score (nSPS) is 10.7. The van der Waals surface area contributed by atoms with Crippen LogP contribution in [0.2, 0.25) is 0 Å². The van der Waals surface area contributed by atoms with Crippen LogP contribution in [0.5, 0.6) is 0 Å². The monoisotopic (exact) mass is 235 g/mol. The van der Waals surface area contributed by atoms with Gasteiger partial charge >= 0.3 is 0 Å². The molecule has 0 radical (unpaired) electrons. The van der Waals surface area contributed by atoms with Crippen LogP contribution in [0.3, 0.4) is 0 Å². The first-order valence-electron chi connectivity index (χ1n) is 5.95. The minimum Gasteiger partial charge on any atom is -0.364 e. The number of nitrogens with zero attached hydrogens (tertiary/aromatic N) is 1. The zero-order valence-electron chi connectivity index (χ0n) is 9.86. The lowest BCUT2D eigenvalue weighted by Gasteiger charge is -2.15. The van der Waals surface area contributed by atoms with Crippen molar-refractivity contribution < 1.29 is 4.52 Å². The Labute approximate surface area is 106 Å². The van der Waals surface area contributed by atoms with Crippen LogP contribution in [0.1, 0.15) is 22.7 Å². The van der Waals surface area contributed by atoms with Gasteiger partial charge in [-0.3, -0.25) is 0 Å².